The van der Waals surface area contributed by atoms with E-state index in [2.05, 4.69) is 5.32 Å². The molecule has 0 saturated carbocycles. The lowest BCUT2D eigenvalue weighted by atomic mass is 10.0. The van der Waals surface area contributed by atoms with Gasteiger partial charge in [0.25, 0.3) is 5.91 Å². The lowest BCUT2D eigenvalue weighted by Crippen LogP contribution is -2.47. The van der Waals surface area contributed by atoms with Crippen LogP contribution in [0.25, 0.3) is 0 Å². The number of piperidine rings is 1. The molecule has 0 unspecified atom stereocenters. The first kappa shape index (κ1) is 25.1. The first-order chi connectivity index (χ1) is 17.6. The summed E-state index contributed by atoms with van der Waals surface area (Å²) in [7, 11) is 1.61. The largest absolute Gasteiger partial charge is 0.496 e. The quantitative estimate of drug-likeness (QED) is 0.435. The van der Waals surface area contributed by atoms with Crippen molar-refractivity contribution >= 4 is 11.8 Å². The van der Waals surface area contributed by atoms with Gasteiger partial charge in [0.1, 0.15) is 30.5 Å². The van der Waals surface area contributed by atoms with Crippen molar-refractivity contribution in [1.82, 2.24) is 10.2 Å². The van der Waals surface area contributed by atoms with E-state index < -0.39 is 0 Å². The summed E-state index contributed by atoms with van der Waals surface area (Å²) in [5.41, 5.74) is 1.37. The zero-order valence-corrected chi connectivity index (χ0v) is 20.5. The van der Waals surface area contributed by atoms with Crippen molar-refractivity contribution in [2.75, 3.05) is 33.4 Å². The highest BCUT2D eigenvalue weighted by Crippen LogP contribution is 2.21. The normalized spacial score (nSPS) is 13.6. The van der Waals surface area contributed by atoms with E-state index in [-0.39, 0.29) is 17.9 Å². The predicted octanol–water partition coefficient (Wildman–Crippen LogP) is 4.12. The number of amides is 2. The molecule has 1 aliphatic rings. The summed E-state index contributed by atoms with van der Waals surface area (Å²) in [4.78, 5) is 27.7. The molecule has 3 aromatic rings. The third-order valence-corrected chi connectivity index (χ3v) is 6.20. The van der Waals surface area contributed by atoms with Crippen LogP contribution in [0.5, 0.6) is 17.2 Å². The van der Waals surface area contributed by atoms with Crippen LogP contribution in [0, 0.1) is 0 Å². The van der Waals surface area contributed by atoms with E-state index in [1.165, 1.54) is 0 Å². The molecule has 0 bridgehead atoms. The Morgan fingerprint density at radius 2 is 1.47 bits per heavy atom. The number of nitrogens with one attached hydrogen (secondary N) is 1. The summed E-state index contributed by atoms with van der Waals surface area (Å²) in [6, 6.07) is 24.3. The van der Waals surface area contributed by atoms with E-state index in [1.54, 1.807) is 19.2 Å². The molecule has 188 valence electrons. The van der Waals surface area contributed by atoms with Crippen molar-refractivity contribution in [3.63, 3.8) is 0 Å². The number of benzene rings is 3. The van der Waals surface area contributed by atoms with Crippen molar-refractivity contribution in [1.29, 1.82) is 0 Å². The molecule has 4 rings (SSSR count). The van der Waals surface area contributed by atoms with Gasteiger partial charge in [-0.05, 0) is 43.2 Å². The van der Waals surface area contributed by atoms with Gasteiger partial charge in [0.2, 0.25) is 5.91 Å². The van der Waals surface area contributed by atoms with Crippen LogP contribution in [0.3, 0.4) is 0 Å². The number of ether oxygens (including phenoxy) is 3. The molecule has 0 aliphatic carbocycles. The Balaban J connectivity index is 1.24. The minimum atomic E-state index is -0.173. The third-order valence-electron chi connectivity index (χ3n) is 6.20. The summed E-state index contributed by atoms with van der Waals surface area (Å²) in [5, 5.41) is 3.11. The predicted molar refractivity (Wildman–Crippen MR) is 138 cm³/mol. The molecule has 36 heavy (non-hydrogen) atoms. The van der Waals surface area contributed by atoms with Gasteiger partial charge in [-0.15, -0.1) is 0 Å². The Kier molecular flexibility index (Phi) is 8.81. The Hall–Kier alpha value is -4.00. The Morgan fingerprint density at radius 3 is 2.22 bits per heavy atom. The van der Waals surface area contributed by atoms with Crippen molar-refractivity contribution < 1.29 is 23.8 Å². The van der Waals surface area contributed by atoms with Crippen LogP contribution in [-0.4, -0.2) is 56.2 Å². The second-order valence-corrected chi connectivity index (χ2v) is 8.62. The standard InChI is InChI=1S/C29H32N2O5/c1-34-26-13-7-5-9-22(26)21-28(32)31-17-15-23(16-18-31)30-29(33)25-12-6-8-14-27(25)36-20-19-35-24-10-3-2-4-11-24/h2-14,23H,15-21H2,1H3,(H,30,33). The summed E-state index contributed by atoms with van der Waals surface area (Å²) in [5.74, 6) is 1.92. The minimum Gasteiger partial charge on any atom is -0.496 e. The van der Waals surface area contributed by atoms with Crippen LogP contribution < -0.4 is 19.5 Å². The van der Waals surface area contributed by atoms with Gasteiger partial charge in [0.15, 0.2) is 0 Å². The van der Waals surface area contributed by atoms with Crippen molar-refractivity contribution in [3.8, 4) is 17.2 Å². The second kappa shape index (κ2) is 12.6. The molecule has 3 aromatic carbocycles. The third kappa shape index (κ3) is 6.78. The van der Waals surface area contributed by atoms with Gasteiger partial charge in [0.05, 0.1) is 19.1 Å². The number of likely N-dealkylation sites (tertiary alicyclic amines) is 1. The minimum absolute atomic E-state index is 0.00211. The second-order valence-electron chi connectivity index (χ2n) is 8.62. The molecule has 1 heterocycles. The number of nitrogens with zero attached hydrogens (tertiary/aromatic N) is 1. The molecule has 2 amide bonds. The maximum atomic E-state index is 13.0. The van der Waals surface area contributed by atoms with Gasteiger partial charge < -0.3 is 24.4 Å². The van der Waals surface area contributed by atoms with Gasteiger partial charge in [-0.1, -0.05) is 48.5 Å². The van der Waals surface area contributed by atoms with Crippen LogP contribution in [0.1, 0.15) is 28.8 Å². The Morgan fingerprint density at radius 1 is 0.833 bits per heavy atom. The van der Waals surface area contributed by atoms with Crippen molar-refractivity contribution in [2.24, 2.45) is 0 Å². The number of carbonyl (C=O) groups excluding carboxylic acids is 2. The van der Waals surface area contributed by atoms with E-state index in [1.807, 2.05) is 71.6 Å². The molecule has 7 heteroatoms. The molecule has 0 radical (unpaired) electrons. The fraction of sp³-hybridized carbons (Fsp3) is 0.310. The molecule has 1 N–H and O–H groups in total. The number of hydrogen-bond donors (Lipinski definition) is 1. The van der Waals surface area contributed by atoms with Gasteiger partial charge in [-0.2, -0.15) is 0 Å². The maximum absolute atomic E-state index is 13.0. The first-order valence-corrected chi connectivity index (χ1v) is 12.2. The number of para-hydroxylation sites is 3. The van der Waals surface area contributed by atoms with Crippen LogP contribution in [0.15, 0.2) is 78.9 Å². The Labute approximate surface area is 212 Å². The Bertz CT molecular complexity index is 1140. The summed E-state index contributed by atoms with van der Waals surface area (Å²) < 4.78 is 16.9. The van der Waals surface area contributed by atoms with E-state index >= 15 is 0 Å². The monoisotopic (exact) mass is 488 g/mol. The van der Waals surface area contributed by atoms with Gasteiger partial charge in [0, 0.05) is 24.7 Å². The highest BCUT2D eigenvalue weighted by Gasteiger charge is 2.25. The topological polar surface area (TPSA) is 77.1 Å². The average molecular weight is 489 g/mol. The van der Waals surface area contributed by atoms with Crippen LogP contribution in [-0.2, 0) is 11.2 Å². The number of methoxy groups -OCH3 is 1. The van der Waals surface area contributed by atoms with E-state index in [4.69, 9.17) is 14.2 Å². The van der Waals surface area contributed by atoms with Crippen molar-refractivity contribution in [2.45, 2.75) is 25.3 Å². The average Bonchev–Trinajstić information content (AvgIpc) is 2.92. The highest BCUT2D eigenvalue weighted by atomic mass is 16.5. The lowest BCUT2D eigenvalue weighted by molar-refractivity contribution is -0.131. The summed E-state index contributed by atoms with van der Waals surface area (Å²) in [6.07, 6.45) is 1.72. The summed E-state index contributed by atoms with van der Waals surface area (Å²) >= 11 is 0. The molecule has 7 nitrogen and oxygen atoms in total. The van der Waals surface area contributed by atoms with Crippen molar-refractivity contribution in [3.05, 3.63) is 90.0 Å². The first-order valence-electron chi connectivity index (χ1n) is 12.2. The molecular weight excluding hydrogens is 456 g/mol. The molecule has 1 aliphatic heterocycles. The van der Waals surface area contributed by atoms with Crippen LogP contribution in [0.4, 0.5) is 0 Å². The number of carbonyl (C=O) groups is 2. The van der Waals surface area contributed by atoms with E-state index in [0.29, 0.717) is 56.9 Å². The summed E-state index contributed by atoms with van der Waals surface area (Å²) in [6.45, 7) is 1.91. The number of hydrogen-bond acceptors (Lipinski definition) is 5. The highest BCUT2D eigenvalue weighted by molar-refractivity contribution is 5.97. The number of rotatable bonds is 10. The molecule has 0 spiro atoms. The molecule has 0 atom stereocenters. The van der Waals surface area contributed by atoms with Crippen LogP contribution >= 0.6 is 0 Å². The molecular formula is C29H32N2O5. The lowest BCUT2D eigenvalue weighted by Gasteiger charge is -2.32. The zero-order valence-electron chi connectivity index (χ0n) is 20.5. The van der Waals surface area contributed by atoms with Gasteiger partial charge in [-0.25, -0.2) is 0 Å². The smallest absolute Gasteiger partial charge is 0.255 e. The van der Waals surface area contributed by atoms with E-state index in [0.717, 1.165) is 17.1 Å². The fourth-order valence-corrected chi connectivity index (χ4v) is 4.27. The van der Waals surface area contributed by atoms with Crippen LogP contribution in [0.2, 0.25) is 0 Å². The van der Waals surface area contributed by atoms with Gasteiger partial charge in [-0.3, -0.25) is 9.59 Å². The zero-order chi connectivity index (χ0) is 25.2. The van der Waals surface area contributed by atoms with E-state index in [9.17, 15) is 9.59 Å². The maximum Gasteiger partial charge on any atom is 0.255 e. The molecule has 1 saturated heterocycles. The fourth-order valence-electron chi connectivity index (χ4n) is 4.27. The molecule has 1 fully saturated rings. The molecule has 0 aromatic heterocycles. The van der Waals surface area contributed by atoms with Gasteiger partial charge >= 0.3 is 0 Å². The SMILES string of the molecule is COc1ccccc1CC(=O)N1CCC(NC(=O)c2ccccc2OCCOc2ccccc2)CC1.